The van der Waals surface area contributed by atoms with Crippen LogP contribution in [-0.2, 0) is 8.53 Å². The van der Waals surface area contributed by atoms with E-state index >= 15 is 0 Å². The molecule has 2 aromatic carbocycles. The van der Waals surface area contributed by atoms with Gasteiger partial charge in [-0.2, -0.15) is 0 Å². The fourth-order valence-corrected chi connectivity index (χ4v) is 4.91. The molecule has 2 unspecified atom stereocenters. The molecule has 1 amide bonds. The molecule has 1 aliphatic rings. The Bertz CT molecular complexity index is 902. The van der Waals surface area contributed by atoms with Crippen LogP contribution in [0.15, 0.2) is 66.8 Å². The van der Waals surface area contributed by atoms with Gasteiger partial charge in [-0.15, -0.1) is 0 Å². The number of hydrogen-bond acceptors (Lipinski definition) is 3. The molecule has 6 nitrogen and oxygen atoms in total. The number of hydrogen-bond donors (Lipinski definition) is 4. The summed E-state index contributed by atoms with van der Waals surface area (Å²) < 4.78 is 27.8. The zero-order valence-corrected chi connectivity index (χ0v) is 16.5. The predicted octanol–water partition coefficient (Wildman–Crippen LogP) is 1.73. The van der Waals surface area contributed by atoms with Crippen LogP contribution in [0.5, 0.6) is 0 Å². The van der Waals surface area contributed by atoms with Gasteiger partial charge in [0, 0.05) is 10.4 Å². The Labute approximate surface area is 158 Å². The standard InChI is InChI=1S/C10H7Cl.C8H12AsNO5/c11-10-7-3-5-8-4-1-2-6-9(8)10;1-6(11)10-8(9(13,14)15)5-3-2-4-7(8)12/h1-7H;2-5,7,12H,1H3,(H,10,11)(H2,13,14,15). The summed E-state index contributed by atoms with van der Waals surface area (Å²) in [7, 11) is 0. The second-order valence-corrected chi connectivity index (χ2v) is 9.94. The van der Waals surface area contributed by atoms with E-state index in [0.717, 1.165) is 23.4 Å². The number of aliphatic hydroxyl groups excluding tert-OH is 1. The fourth-order valence-electron chi connectivity index (χ4n) is 2.54. The number of rotatable bonds is 2. The Hall–Kier alpha value is -1.82. The summed E-state index contributed by atoms with van der Waals surface area (Å²) in [6.07, 6.45) is 3.75. The molecule has 4 N–H and O–H groups in total. The van der Waals surface area contributed by atoms with Crippen molar-refractivity contribution in [2.24, 2.45) is 0 Å². The minimum absolute atomic E-state index is 0.612. The first-order valence-electron chi connectivity index (χ1n) is 7.69. The maximum Gasteiger partial charge on any atom is 0.0484 e. The van der Waals surface area contributed by atoms with Crippen molar-refractivity contribution in [3.63, 3.8) is 0 Å². The van der Waals surface area contributed by atoms with Crippen LogP contribution in [0.1, 0.15) is 6.92 Å². The molecule has 0 aliphatic heterocycles. The van der Waals surface area contributed by atoms with Gasteiger partial charge >= 0.3 is 88.9 Å². The van der Waals surface area contributed by atoms with Gasteiger partial charge in [-0.25, -0.2) is 0 Å². The van der Waals surface area contributed by atoms with Crippen LogP contribution in [0.4, 0.5) is 0 Å². The second-order valence-electron chi connectivity index (χ2n) is 5.70. The number of fused-ring (bicyclic) bond motifs is 1. The van der Waals surface area contributed by atoms with E-state index in [1.165, 1.54) is 23.6 Å². The summed E-state index contributed by atoms with van der Waals surface area (Å²) >= 11 is 0.598. The first-order valence-corrected chi connectivity index (χ1v) is 11.5. The second kappa shape index (κ2) is 8.25. The van der Waals surface area contributed by atoms with E-state index in [2.05, 4.69) is 17.4 Å². The molecule has 1 aliphatic carbocycles. The van der Waals surface area contributed by atoms with E-state index in [-0.39, 0.29) is 0 Å². The fraction of sp³-hybridized carbons (Fsp3) is 0.167. The van der Waals surface area contributed by atoms with Crippen molar-refractivity contribution in [1.29, 1.82) is 0 Å². The van der Waals surface area contributed by atoms with Crippen molar-refractivity contribution in [2.75, 3.05) is 0 Å². The van der Waals surface area contributed by atoms with Crippen LogP contribution >= 0.6 is 11.6 Å². The Morgan fingerprint density at radius 3 is 2.38 bits per heavy atom. The van der Waals surface area contributed by atoms with Crippen LogP contribution < -0.4 is 5.32 Å². The predicted molar refractivity (Wildman–Crippen MR) is 101 cm³/mol. The van der Waals surface area contributed by atoms with Crippen LogP contribution in [0.25, 0.3) is 10.8 Å². The van der Waals surface area contributed by atoms with Gasteiger partial charge in [0.2, 0.25) is 0 Å². The van der Waals surface area contributed by atoms with Gasteiger partial charge in [-0.3, -0.25) is 0 Å². The third-order valence-electron chi connectivity index (χ3n) is 3.80. The molecule has 138 valence electrons. The van der Waals surface area contributed by atoms with Gasteiger partial charge in [0.05, 0.1) is 0 Å². The monoisotopic (exact) mass is 439 g/mol. The number of aliphatic hydroxyl groups is 1. The van der Waals surface area contributed by atoms with Gasteiger partial charge in [0.25, 0.3) is 0 Å². The maximum atomic E-state index is 11.3. The molecular formula is C18H19AsClNO5. The van der Waals surface area contributed by atoms with Crippen molar-refractivity contribution in [3.8, 4) is 0 Å². The van der Waals surface area contributed by atoms with Crippen LogP contribution in [-0.4, -0.2) is 43.8 Å². The number of carbonyl (C=O) groups excluding carboxylic acids is 1. The van der Waals surface area contributed by atoms with E-state index in [4.69, 9.17) is 11.6 Å². The molecule has 2 aromatic rings. The van der Waals surface area contributed by atoms with Gasteiger partial charge in [-0.1, -0.05) is 48.0 Å². The zero-order valence-electron chi connectivity index (χ0n) is 13.9. The van der Waals surface area contributed by atoms with Crippen LogP contribution in [0.2, 0.25) is 5.02 Å². The Kier molecular flexibility index (Phi) is 6.50. The number of benzene rings is 2. The molecule has 0 fully saturated rings. The van der Waals surface area contributed by atoms with E-state index in [0.29, 0.717) is 0 Å². The van der Waals surface area contributed by atoms with Gasteiger partial charge < -0.3 is 0 Å². The number of nitrogens with one attached hydrogen (secondary N) is 1. The summed E-state index contributed by atoms with van der Waals surface area (Å²) in [4.78, 5) is 10.9. The molecule has 0 spiro atoms. The average molecular weight is 440 g/mol. The van der Waals surface area contributed by atoms with Crippen LogP contribution in [0.3, 0.4) is 0 Å². The molecule has 8 heteroatoms. The van der Waals surface area contributed by atoms with Gasteiger partial charge in [0.15, 0.2) is 0 Å². The van der Waals surface area contributed by atoms with Crippen LogP contribution in [0, 0.1) is 0 Å². The maximum absolute atomic E-state index is 11.3. The quantitative estimate of drug-likeness (QED) is 0.533. The third-order valence-corrected chi connectivity index (χ3v) is 7.25. The van der Waals surface area contributed by atoms with Crippen molar-refractivity contribution < 1.29 is 21.8 Å². The molecule has 3 rings (SSSR count). The smallest absolute Gasteiger partial charge is 0.0484 e. The summed E-state index contributed by atoms with van der Waals surface area (Å²) in [6.45, 7) is 1.13. The number of carbonyl (C=O) groups is 1. The van der Waals surface area contributed by atoms with Crippen molar-refractivity contribution in [3.05, 3.63) is 71.8 Å². The molecular weight excluding hydrogens is 421 g/mol. The number of allylic oxidation sites excluding steroid dienone is 2. The molecule has 26 heavy (non-hydrogen) atoms. The van der Waals surface area contributed by atoms with E-state index in [1.54, 1.807) is 0 Å². The van der Waals surface area contributed by atoms with Gasteiger partial charge in [-0.05, 0) is 11.5 Å². The number of amides is 1. The Morgan fingerprint density at radius 2 is 1.81 bits per heavy atom. The molecule has 0 radical (unpaired) electrons. The molecule has 0 bridgehead atoms. The van der Waals surface area contributed by atoms with Crippen molar-refractivity contribution >= 4 is 42.5 Å². The zero-order chi connectivity index (χ0) is 19.4. The average Bonchev–Trinajstić information content (AvgIpc) is 2.57. The Balaban J connectivity index is 0.000000195. The summed E-state index contributed by atoms with van der Waals surface area (Å²) in [5, 5.41) is 14.8. The van der Waals surface area contributed by atoms with Crippen molar-refractivity contribution in [2.45, 2.75) is 17.4 Å². The molecule has 0 heterocycles. The van der Waals surface area contributed by atoms with E-state index in [1.807, 2.05) is 30.3 Å². The molecule has 2 atom stereocenters. The minimum Gasteiger partial charge on any atom is -0.0837 e. The largest absolute Gasteiger partial charge is 0.0837 e. The topological polar surface area (TPSA) is 107 Å². The third kappa shape index (κ3) is 4.47. The normalized spacial score (nSPS) is 21.8. The first-order chi connectivity index (χ1) is 12.2. The van der Waals surface area contributed by atoms with Crippen molar-refractivity contribution in [1.82, 2.24) is 5.32 Å². The van der Waals surface area contributed by atoms with E-state index < -0.39 is 30.5 Å². The summed E-state index contributed by atoms with van der Waals surface area (Å²) in [5.74, 6) is -0.612. The Morgan fingerprint density at radius 1 is 1.15 bits per heavy atom. The SMILES string of the molecule is CC(=O)NC1([As](=O)(O)O)C=CC=CC1O.Clc1cccc2ccccc12. The molecule has 0 saturated heterocycles. The summed E-state index contributed by atoms with van der Waals surface area (Å²) in [6, 6.07) is 14.0. The summed E-state index contributed by atoms with van der Waals surface area (Å²) in [5.41, 5.74) is 0. The number of halogens is 1. The first kappa shape index (κ1) is 20.5. The molecule has 0 aromatic heterocycles. The van der Waals surface area contributed by atoms with Gasteiger partial charge in [0.1, 0.15) is 0 Å². The minimum atomic E-state index is -5.36. The molecule has 0 saturated carbocycles. The van der Waals surface area contributed by atoms with E-state index in [9.17, 15) is 21.8 Å².